The molecule has 0 aliphatic heterocycles. The third-order valence-electron chi connectivity index (χ3n) is 3.94. The van der Waals surface area contributed by atoms with Crippen LogP contribution in [0, 0.1) is 6.92 Å². The molecule has 0 saturated heterocycles. The van der Waals surface area contributed by atoms with E-state index in [9.17, 15) is 9.59 Å². The second-order valence-electron chi connectivity index (χ2n) is 5.99. The molecule has 3 aromatic rings. The van der Waals surface area contributed by atoms with E-state index in [1.807, 2.05) is 24.3 Å². The van der Waals surface area contributed by atoms with Gasteiger partial charge < -0.3 is 10.1 Å². The van der Waals surface area contributed by atoms with Crippen molar-refractivity contribution >= 4 is 40.8 Å². The Balaban J connectivity index is 1.66. The van der Waals surface area contributed by atoms with E-state index < -0.39 is 18.5 Å². The number of aryl methyl sites for hydroxylation is 1. The number of carbonyl (C=O) groups excluding carboxylic acids is 2. The van der Waals surface area contributed by atoms with E-state index in [1.165, 1.54) is 4.68 Å². The Bertz CT molecular complexity index is 1000. The van der Waals surface area contributed by atoms with Crippen molar-refractivity contribution in [3.63, 3.8) is 0 Å². The summed E-state index contributed by atoms with van der Waals surface area (Å²) in [5.41, 5.74) is 1.97. The molecular weight excluding hydrogens is 401 g/mol. The smallest absolute Gasteiger partial charge is 0.343 e. The van der Waals surface area contributed by atoms with E-state index in [2.05, 4.69) is 10.4 Å². The molecule has 144 valence electrons. The van der Waals surface area contributed by atoms with Crippen LogP contribution in [0.3, 0.4) is 0 Å². The summed E-state index contributed by atoms with van der Waals surface area (Å²) in [5, 5.41) is 7.63. The molecule has 0 aliphatic rings. The van der Waals surface area contributed by atoms with Gasteiger partial charge in [-0.2, -0.15) is 5.10 Å². The van der Waals surface area contributed by atoms with Crippen LogP contribution in [-0.4, -0.2) is 28.3 Å². The molecule has 8 heteroatoms. The first-order chi connectivity index (χ1) is 13.5. The van der Waals surface area contributed by atoms with Crippen LogP contribution < -0.4 is 5.32 Å². The van der Waals surface area contributed by atoms with E-state index in [0.29, 0.717) is 22.9 Å². The van der Waals surface area contributed by atoms with Crippen molar-refractivity contribution < 1.29 is 14.3 Å². The molecular formula is C20H17Cl2N3O3. The lowest BCUT2D eigenvalue weighted by Gasteiger charge is -2.07. The van der Waals surface area contributed by atoms with Gasteiger partial charge in [-0.05, 0) is 30.7 Å². The number of nitrogens with one attached hydrogen (secondary N) is 1. The van der Waals surface area contributed by atoms with Gasteiger partial charge in [0.1, 0.15) is 10.7 Å². The predicted molar refractivity (Wildman–Crippen MR) is 108 cm³/mol. The maximum Gasteiger partial charge on any atom is 0.343 e. The zero-order valence-corrected chi connectivity index (χ0v) is 16.5. The number of hydrogen-bond acceptors (Lipinski definition) is 4. The van der Waals surface area contributed by atoms with Crippen molar-refractivity contribution in [2.24, 2.45) is 0 Å². The average Bonchev–Trinajstić information content (AvgIpc) is 2.96. The van der Waals surface area contributed by atoms with Gasteiger partial charge in [-0.1, -0.05) is 59.6 Å². The van der Waals surface area contributed by atoms with Crippen molar-refractivity contribution in [2.45, 2.75) is 13.5 Å². The maximum absolute atomic E-state index is 12.4. The highest BCUT2D eigenvalue weighted by Crippen LogP contribution is 2.24. The predicted octanol–water partition coefficient (Wildman–Crippen LogP) is 4.34. The summed E-state index contributed by atoms with van der Waals surface area (Å²) in [7, 11) is 0. The lowest BCUT2D eigenvalue weighted by atomic mass is 10.2. The summed E-state index contributed by atoms with van der Waals surface area (Å²) >= 11 is 12.5. The number of carbonyl (C=O) groups is 2. The van der Waals surface area contributed by atoms with Crippen LogP contribution in [0.4, 0.5) is 5.69 Å². The van der Waals surface area contributed by atoms with Gasteiger partial charge >= 0.3 is 5.97 Å². The van der Waals surface area contributed by atoms with Crippen molar-refractivity contribution in [1.82, 2.24) is 9.78 Å². The summed E-state index contributed by atoms with van der Waals surface area (Å²) in [6.07, 6.45) is 0. The van der Waals surface area contributed by atoms with E-state index in [-0.39, 0.29) is 10.7 Å². The summed E-state index contributed by atoms with van der Waals surface area (Å²) < 4.78 is 6.57. The van der Waals surface area contributed by atoms with Crippen LogP contribution in [0.5, 0.6) is 0 Å². The molecule has 1 aromatic heterocycles. The Kier molecular flexibility index (Phi) is 6.34. The van der Waals surface area contributed by atoms with E-state index in [0.717, 1.165) is 5.56 Å². The van der Waals surface area contributed by atoms with Gasteiger partial charge in [0.25, 0.3) is 5.91 Å². The average molecular weight is 418 g/mol. The van der Waals surface area contributed by atoms with Gasteiger partial charge in [-0.3, -0.25) is 4.79 Å². The van der Waals surface area contributed by atoms with Crippen molar-refractivity contribution in [2.75, 3.05) is 11.9 Å². The Morgan fingerprint density at radius 1 is 1.07 bits per heavy atom. The molecule has 0 spiro atoms. The normalized spacial score (nSPS) is 10.5. The van der Waals surface area contributed by atoms with Crippen molar-refractivity contribution in [1.29, 1.82) is 0 Å². The number of amides is 1. The summed E-state index contributed by atoms with van der Waals surface area (Å²) in [6, 6.07) is 16.2. The van der Waals surface area contributed by atoms with Gasteiger partial charge in [0.15, 0.2) is 6.61 Å². The monoisotopic (exact) mass is 417 g/mol. The molecule has 0 bridgehead atoms. The molecule has 1 amide bonds. The summed E-state index contributed by atoms with van der Waals surface area (Å²) in [6.45, 7) is 1.52. The van der Waals surface area contributed by atoms with Crippen LogP contribution >= 0.6 is 23.2 Å². The number of rotatable bonds is 6. The van der Waals surface area contributed by atoms with E-state index in [1.54, 1.807) is 37.3 Å². The minimum atomic E-state index is -0.712. The Hall–Kier alpha value is -2.83. The van der Waals surface area contributed by atoms with E-state index in [4.69, 9.17) is 27.9 Å². The highest BCUT2D eigenvalue weighted by Gasteiger charge is 2.23. The van der Waals surface area contributed by atoms with Crippen molar-refractivity contribution in [3.8, 4) is 0 Å². The van der Waals surface area contributed by atoms with E-state index >= 15 is 0 Å². The van der Waals surface area contributed by atoms with Crippen LogP contribution in [0.25, 0.3) is 0 Å². The maximum atomic E-state index is 12.4. The second kappa shape index (κ2) is 8.91. The zero-order valence-electron chi connectivity index (χ0n) is 15.0. The Morgan fingerprint density at radius 2 is 1.75 bits per heavy atom. The quantitative estimate of drug-likeness (QED) is 0.605. The van der Waals surface area contributed by atoms with Crippen LogP contribution in [0.2, 0.25) is 10.2 Å². The lowest BCUT2D eigenvalue weighted by molar-refractivity contribution is -0.119. The van der Waals surface area contributed by atoms with Gasteiger partial charge in [-0.25, -0.2) is 9.48 Å². The molecule has 0 saturated carbocycles. The fourth-order valence-electron chi connectivity index (χ4n) is 2.60. The minimum absolute atomic E-state index is 0.126. The number of halogens is 2. The fraction of sp³-hybridized carbons (Fsp3) is 0.150. The van der Waals surface area contributed by atoms with Crippen LogP contribution in [0.1, 0.15) is 21.6 Å². The SMILES string of the molecule is Cc1nn(Cc2ccccc2Cl)c(Cl)c1C(=O)OCC(=O)Nc1ccccc1. The molecule has 3 rings (SSSR count). The third kappa shape index (κ3) is 4.71. The Labute approximate surface area is 172 Å². The van der Waals surface area contributed by atoms with Crippen molar-refractivity contribution in [3.05, 3.63) is 81.6 Å². The topological polar surface area (TPSA) is 73.2 Å². The zero-order chi connectivity index (χ0) is 20.1. The number of anilines is 1. The molecule has 0 aliphatic carbocycles. The standard InChI is InChI=1S/C20H17Cl2N3O3/c1-13-18(19(22)25(24-13)11-14-7-5-6-10-16(14)21)20(27)28-12-17(26)23-15-8-3-2-4-9-15/h2-10H,11-12H2,1H3,(H,23,26). The van der Waals surface area contributed by atoms with Crippen LogP contribution in [-0.2, 0) is 16.1 Å². The van der Waals surface area contributed by atoms with Gasteiger partial charge in [0, 0.05) is 10.7 Å². The molecule has 0 fully saturated rings. The number of nitrogens with zero attached hydrogens (tertiary/aromatic N) is 2. The second-order valence-corrected chi connectivity index (χ2v) is 6.76. The lowest BCUT2D eigenvalue weighted by Crippen LogP contribution is -2.21. The van der Waals surface area contributed by atoms with Gasteiger partial charge in [-0.15, -0.1) is 0 Å². The highest BCUT2D eigenvalue weighted by atomic mass is 35.5. The van der Waals surface area contributed by atoms with Gasteiger partial charge in [0.2, 0.25) is 0 Å². The van der Waals surface area contributed by atoms with Crippen LogP contribution in [0.15, 0.2) is 54.6 Å². The number of para-hydroxylation sites is 1. The molecule has 6 nitrogen and oxygen atoms in total. The number of aromatic nitrogens is 2. The molecule has 0 atom stereocenters. The first-order valence-electron chi connectivity index (χ1n) is 8.44. The largest absolute Gasteiger partial charge is 0.452 e. The summed E-state index contributed by atoms with van der Waals surface area (Å²) in [5.74, 6) is -1.16. The molecule has 1 N–H and O–H groups in total. The number of hydrogen-bond donors (Lipinski definition) is 1. The fourth-order valence-corrected chi connectivity index (χ4v) is 3.11. The molecule has 28 heavy (non-hydrogen) atoms. The number of ether oxygens (including phenoxy) is 1. The third-order valence-corrected chi connectivity index (χ3v) is 4.69. The Morgan fingerprint density at radius 3 is 2.46 bits per heavy atom. The van der Waals surface area contributed by atoms with Gasteiger partial charge in [0.05, 0.1) is 12.2 Å². The number of esters is 1. The molecule has 2 aromatic carbocycles. The molecule has 0 radical (unpaired) electrons. The number of benzene rings is 2. The minimum Gasteiger partial charge on any atom is -0.452 e. The first kappa shape index (κ1) is 19.9. The molecule has 0 unspecified atom stereocenters. The summed E-state index contributed by atoms with van der Waals surface area (Å²) in [4.78, 5) is 24.4. The highest BCUT2D eigenvalue weighted by molar-refractivity contribution is 6.33. The first-order valence-corrected chi connectivity index (χ1v) is 9.19. The molecule has 1 heterocycles.